The molecule has 1 aromatic heterocycles. The first-order chi connectivity index (χ1) is 12.2. The number of ether oxygens (including phenoxy) is 2. The second kappa shape index (κ2) is 7.48. The van der Waals surface area contributed by atoms with Gasteiger partial charge in [-0.3, -0.25) is 10.1 Å². The Morgan fingerprint density at radius 2 is 1.72 bits per heavy atom. The van der Waals surface area contributed by atoms with Crippen LogP contribution in [-0.4, -0.2) is 29.8 Å². The molecule has 0 aliphatic rings. The predicted molar refractivity (Wildman–Crippen MR) is 91.9 cm³/mol. The van der Waals surface area contributed by atoms with Gasteiger partial charge in [0, 0.05) is 11.1 Å². The standard InChI is InChI=1S/C18H17N3O4/c1-3-24-15-10-6-13(7-11-15)17-20-21-18(25-17)19-16(22)12-4-8-14(23-2)9-5-12/h4-11H,3H2,1-2H3,(H,19,21,22). The molecule has 0 aliphatic heterocycles. The quantitative estimate of drug-likeness (QED) is 0.741. The molecule has 3 rings (SSSR count). The van der Waals surface area contributed by atoms with Crippen LogP contribution in [0.3, 0.4) is 0 Å². The van der Waals surface area contributed by atoms with Gasteiger partial charge >= 0.3 is 6.01 Å². The minimum absolute atomic E-state index is 0.0321. The fraction of sp³-hybridized carbons (Fsp3) is 0.167. The Morgan fingerprint density at radius 3 is 2.36 bits per heavy atom. The molecular formula is C18H17N3O4. The molecule has 0 unspecified atom stereocenters. The lowest BCUT2D eigenvalue weighted by Crippen LogP contribution is -2.11. The first-order valence-corrected chi connectivity index (χ1v) is 7.71. The third-order valence-electron chi connectivity index (χ3n) is 3.41. The number of anilines is 1. The molecule has 7 nitrogen and oxygen atoms in total. The van der Waals surface area contributed by atoms with E-state index < -0.39 is 0 Å². The van der Waals surface area contributed by atoms with Gasteiger partial charge in [-0.2, -0.15) is 0 Å². The fourth-order valence-electron chi connectivity index (χ4n) is 2.16. The van der Waals surface area contributed by atoms with Crippen molar-refractivity contribution in [1.82, 2.24) is 10.2 Å². The lowest BCUT2D eigenvalue weighted by atomic mass is 10.2. The predicted octanol–water partition coefficient (Wildman–Crippen LogP) is 3.40. The molecule has 0 radical (unpaired) electrons. The number of carbonyl (C=O) groups is 1. The number of aromatic nitrogens is 2. The number of hydrogen-bond donors (Lipinski definition) is 1. The van der Waals surface area contributed by atoms with E-state index in [1.54, 1.807) is 31.4 Å². The zero-order valence-corrected chi connectivity index (χ0v) is 13.9. The van der Waals surface area contributed by atoms with Crippen molar-refractivity contribution in [3.8, 4) is 23.0 Å². The molecule has 1 N–H and O–H groups in total. The number of nitrogens with one attached hydrogen (secondary N) is 1. The molecule has 2 aromatic carbocycles. The maximum absolute atomic E-state index is 12.2. The highest BCUT2D eigenvalue weighted by Gasteiger charge is 2.13. The van der Waals surface area contributed by atoms with Crippen LogP contribution in [0.15, 0.2) is 52.9 Å². The van der Waals surface area contributed by atoms with Crippen LogP contribution in [0.25, 0.3) is 11.5 Å². The molecule has 0 saturated carbocycles. The summed E-state index contributed by atoms with van der Waals surface area (Å²) in [6.45, 7) is 2.52. The van der Waals surface area contributed by atoms with E-state index >= 15 is 0 Å². The SMILES string of the molecule is CCOc1ccc(-c2nnc(NC(=O)c3ccc(OC)cc3)o2)cc1. The molecule has 128 valence electrons. The summed E-state index contributed by atoms with van der Waals surface area (Å²) >= 11 is 0. The fourth-order valence-corrected chi connectivity index (χ4v) is 2.16. The van der Waals surface area contributed by atoms with Gasteiger partial charge in [-0.15, -0.1) is 5.10 Å². The van der Waals surface area contributed by atoms with Crippen molar-refractivity contribution in [2.45, 2.75) is 6.92 Å². The van der Waals surface area contributed by atoms with E-state index in [1.165, 1.54) is 0 Å². The Labute approximate surface area is 144 Å². The number of nitrogens with zero attached hydrogens (tertiary/aromatic N) is 2. The van der Waals surface area contributed by atoms with Crippen LogP contribution in [0.4, 0.5) is 6.01 Å². The van der Waals surface area contributed by atoms with E-state index in [0.717, 1.165) is 11.3 Å². The molecular weight excluding hydrogens is 322 g/mol. The van der Waals surface area contributed by atoms with Gasteiger partial charge in [0.1, 0.15) is 11.5 Å². The highest BCUT2D eigenvalue weighted by Crippen LogP contribution is 2.23. The molecule has 7 heteroatoms. The van der Waals surface area contributed by atoms with Crippen LogP contribution in [0.1, 0.15) is 17.3 Å². The van der Waals surface area contributed by atoms with Crippen molar-refractivity contribution in [3.05, 3.63) is 54.1 Å². The number of methoxy groups -OCH3 is 1. The van der Waals surface area contributed by atoms with Crippen LogP contribution in [-0.2, 0) is 0 Å². The third-order valence-corrected chi connectivity index (χ3v) is 3.41. The summed E-state index contributed by atoms with van der Waals surface area (Å²) in [7, 11) is 1.57. The monoisotopic (exact) mass is 339 g/mol. The largest absolute Gasteiger partial charge is 0.497 e. The lowest BCUT2D eigenvalue weighted by molar-refractivity contribution is 0.102. The average molecular weight is 339 g/mol. The molecule has 25 heavy (non-hydrogen) atoms. The van der Waals surface area contributed by atoms with Crippen LogP contribution in [0.2, 0.25) is 0 Å². The third kappa shape index (κ3) is 3.95. The minimum atomic E-state index is -0.343. The highest BCUT2D eigenvalue weighted by atomic mass is 16.5. The van der Waals surface area contributed by atoms with Crippen molar-refractivity contribution < 1.29 is 18.7 Å². The molecule has 3 aromatic rings. The number of carbonyl (C=O) groups excluding carboxylic acids is 1. The average Bonchev–Trinajstić information content (AvgIpc) is 3.11. The van der Waals surface area contributed by atoms with Crippen molar-refractivity contribution in [2.24, 2.45) is 0 Å². The second-order valence-electron chi connectivity index (χ2n) is 5.05. The van der Waals surface area contributed by atoms with Crippen LogP contribution < -0.4 is 14.8 Å². The Bertz CT molecular complexity index is 842. The molecule has 0 saturated heterocycles. The summed E-state index contributed by atoms with van der Waals surface area (Å²) in [6, 6.07) is 14.0. The topological polar surface area (TPSA) is 86.5 Å². The van der Waals surface area contributed by atoms with Crippen LogP contribution in [0, 0.1) is 0 Å². The van der Waals surface area contributed by atoms with E-state index in [0.29, 0.717) is 23.8 Å². The van der Waals surface area contributed by atoms with Crippen molar-refractivity contribution >= 4 is 11.9 Å². The van der Waals surface area contributed by atoms with Crippen LogP contribution >= 0.6 is 0 Å². The smallest absolute Gasteiger partial charge is 0.322 e. The van der Waals surface area contributed by atoms with Gasteiger partial charge in [0.25, 0.3) is 5.91 Å². The van der Waals surface area contributed by atoms with Crippen molar-refractivity contribution in [1.29, 1.82) is 0 Å². The van der Waals surface area contributed by atoms with Crippen LogP contribution in [0.5, 0.6) is 11.5 Å². The van der Waals surface area contributed by atoms with Gasteiger partial charge in [0.15, 0.2) is 0 Å². The molecule has 0 spiro atoms. The van der Waals surface area contributed by atoms with Crippen molar-refractivity contribution in [2.75, 3.05) is 19.0 Å². The van der Waals surface area contributed by atoms with E-state index in [9.17, 15) is 4.79 Å². The summed E-state index contributed by atoms with van der Waals surface area (Å²) in [5, 5.41) is 10.4. The second-order valence-corrected chi connectivity index (χ2v) is 5.05. The zero-order valence-electron chi connectivity index (χ0n) is 13.9. The van der Waals surface area contributed by atoms with E-state index in [-0.39, 0.29) is 11.9 Å². The van der Waals surface area contributed by atoms with E-state index in [1.807, 2.05) is 31.2 Å². The lowest BCUT2D eigenvalue weighted by Gasteiger charge is -2.03. The first-order valence-electron chi connectivity index (χ1n) is 7.71. The molecule has 0 bridgehead atoms. The summed E-state index contributed by atoms with van der Waals surface area (Å²) < 4.78 is 15.9. The molecule has 0 aliphatic carbocycles. The molecule has 1 heterocycles. The summed E-state index contributed by atoms with van der Waals surface area (Å²) in [5.41, 5.74) is 1.20. The van der Waals surface area contributed by atoms with Crippen molar-refractivity contribution in [3.63, 3.8) is 0 Å². The number of benzene rings is 2. The Kier molecular flexibility index (Phi) is 4.94. The number of rotatable bonds is 6. The van der Waals surface area contributed by atoms with Gasteiger partial charge in [0.2, 0.25) is 5.89 Å². The maximum atomic E-state index is 12.2. The van der Waals surface area contributed by atoms with E-state index in [4.69, 9.17) is 13.9 Å². The normalized spacial score (nSPS) is 10.3. The zero-order chi connectivity index (χ0) is 17.6. The maximum Gasteiger partial charge on any atom is 0.322 e. The Hall–Kier alpha value is -3.35. The molecule has 0 fully saturated rings. The van der Waals surface area contributed by atoms with Gasteiger partial charge in [0.05, 0.1) is 13.7 Å². The summed E-state index contributed by atoms with van der Waals surface area (Å²) in [5.74, 6) is 1.41. The minimum Gasteiger partial charge on any atom is -0.497 e. The number of hydrogen-bond acceptors (Lipinski definition) is 6. The molecule has 1 amide bonds. The summed E-state index contributed by atoms with van der Waals surface area (Å²) in [4.78, 5) is 12.2. The Morgan fingerprint density at radius 1 is 1.04 bits per heavy atom. The van der Waals surface area contributed by atoms with E-state index in [2.05, 4.69) is 15.5 Å². The van der Waals surface area contributed by atoms with Gasteiger partial charge < -0.3 is 13.9 Å². The van der Waals surface area contributed by atoms with Gasteiger partial charge in [-0.05, 0) is 55.5 Å². The first kappa shape index (κ1) is 16.5. The van der Waals surface area contributed by atoms with Gasteiger partial charge in [-0.1, -0.05) is 5.10 Å². The van der Waals surface area contributed by atoms with Gasteiger partial charge in [-0.25, -0.2) is 0 Å². The Balaban J connectivity index is 1.69. The highest BCUT2D eigenvalue weighted by molar-refractivity contribution is 6.03. The summed E-state index contributed by atoms with van der Waals surface area (Å²) in [6.07, 6.45) is 0. The molecule has 0 atom stereocenters. The number of amides is 1.